The van der Waals surface area contributed by atoms with Gasteiger partial charge in [-0.1, -0.05) is 45.9 Å². The minimum Gasteiger partial charge on any atom is -0.347 e. The zero-order valence-corrected chi connectivity index (χ0v) is 14.8. The van der Waals surface area contributed by atoms with Crippen molar-refractivity contribution in [1.82, 2.24) is 10.2 Å². The number of fused-ring (bicyclic) bond motifs is 3. The van der Waals surface area contributed by atoms with Crippen LogP contribution in [0.1, 0.15) is 57.8 Å². The smallest absolute Gasteiger partial charge is 0.251 e. The molecule has 3 heteroatoms. The van der Waals surface area contributed by atoms with Gasteiger partial charge in [0, 0.05) is 17.6 Å². The summed E-state index contributed by atoms with van der Waals surface area (Å²) in [6.45, 7) is 12.6. The first-order valence-electron chi connectivity index (χ1n) is 8.85. The lowest BCUT2D eigenvalue weighted by molar-refractivity contribution is 0.0217. The van der Waals surface area contributed by atoms with Crippen molar-refractivity contribution in [1.29, 1.82) is 0 Å². The van der Waals surface area contributed by atoms with Gasteiger partial charge in [0.05, 0.1) is 0 Å². The second-order valence-corrected chi connectivity index (χ2v) is 5.48. The van der Waals surface area contributed by atoms with Crippen molar-refractivity contribution >= 4 is 5.91 Å². The van der Waals surface area contributed by atoms with E-state index in [1.165, 1.54) is 25.9 Å². The molecule has 2 atom stereocenters. The van der Waals surface area contributed by atoms with E-state index in [1.54, 1.807) is 0 Å². The molecular weight excluding hydrogens is 272 g/mol. The lowest BCUT2D eigenvalue weighted by Crippen LogP contribution is -2.62. The van der Waals surface area contributed by atoms with Gasteiger partial charge in [-0.3, -0.25) is 9.69 Å². The summed E-state index contributed by atoms with van der Waals surface area (Å²) in [6, 6.07) is 10.3. The van der Waals surface area contributed by atoms with Gasteiger partial charge in [-0.2, -0.15) is 0 Å². The number of amides is 1. The minimum absolute atomic E-state index is 0.0706. The molecule has 124 valence electrons. The summed E-state index contributed by atoms with van der Waals surface area (Å²) in [5, 5.41) is 3.24. The van der Waals surface area contributed by atoms with Crippen molar-refractivity contribution in [3.63, 3.8) is 0 Å². The summed E-state index contributed by atoms with van der Waals surface area (Å²) in [5.74, 6) is 0.735. The standard InChI is InChI=1S/C15H20N2O.2C2H6/c1-11-14(12-7-9-17(11)10-8-12)16-15(18)13-5-3-2-4-6-13;2*1-2/h2-6,11-12,14H,7-10H2,1H3,(H,16,18);2*1-2H3. The summed E-state index contributed by atoms with van der Waals surface area (Å²) < 4.78 is 0. The Morgan fingerprint density at radius 1 is 1.05 bits per heavy atom. The molecule has 0 aromatic heterocycles. The van der Waals surface area contributed by atoms with Crippen molar-refractivity contribution in [2.75, 3.05) is 13.1 Å². The topological polar surface area (TPSA) is 32.3 Å². The van der Waals surface area contributed by atoms with Gasteiger partial charge in [-0.25, -0.2) is 0 Å². The largest absolute Gasteiger partial charge is 0.347 e. The van der Waals surface area contributed by atoms with Gasteiger partial charge in [0.25, 0.3) is 5.91 Å². The highest BCUT2D eigenvalue weighted by atomic mass is 16.1. The molecule has 3 aliphatic rings. The van der Waals surface area contributed by atoms with E-state index in [0.29, 0.717) is 18.0 Å². The van der Waals surface area contributed by atoms with Crippen molar-refractivity contribution < 1.29 is 4.79 Å². The first-order valence-corrected chi connectivity index (χ1v) is 8.85. The summed E-state index contributed by atoms with van der Waals surface area (Å²) >= 11 is 0. The second-order valence-electron chi connectivity index (χ2n) is 5.48. The second kappa shape index (κ2) is 9.62. The van der Waals surface area contributed by atoms with Gasteiger partial charge in [0.2, 0.25) is 0 Å². The van der Waals surface area contributed by atoms with Gasteiger partial charge in [-0.05, 0) is 50.9 Å². The fourth-order valence-electron chi connectivity index (χ4n) is 3.37. The maximum atomic E-state index is 12.2. The van der Waals surface area contributed by atoms with E-state index in [2.05, 4.69) is 17.1 Å². The normalized spacial score (nSPS) is 28.6. The Morgan fingerprint density at radius 3 is 2.09 bits per heavy atom. The number of nitrogens with one attached hydrogen (secondary N) is 1. The third-order valence-corrected chi connectivity index (χ3v) is 4.51. The van der Waals surface area contributed by atoms with Crippen LogP contribution in [0.3, 0.4) is 0 Å². The van der Waals surface area contributed by atoms with E-state index >= 15 is 0 Å². The average Bonchev–Trinajstić information content (AvgIpc) is 2.62. The molecule has 2 bridgehead atoms. The molecule has 1 aromatic rings. The fourth-order valence-corrected chi connectivity index (χ4v) is 3.37. The third kappa shape index (κ3) is 4.33. The van der Waals surface area contributed by atoms with Crippen LogP contribution in [-0.2, 0) is 0 Å². The third-order valence-electron chi connectivity index (χ3n) is 4.51. The van der Waals surface area contributed by atoms with Crippen molar-refractivity contribution in [2.24, 2.45) is 5.92 Å². The molecule has 4 rings (SSSR count). The first-order chi connectivity index (χ1) is 10.8. The number of nitrogens with zero attached hydrogens (tertiary/aromatic N) is 1. The zero-order valence-electron chi connectivity index (χ0n) is 14.8. The van der Waals surface area contributed by atoms with Crippen molar-refractivity contribution in [3.05, 3.63) is 35.9 Å². The number of carbonyl (C=O) groups excluding carboxylic acids is 1. The number of hydrogen-bond donors (Lipinski definition) is 1. The number of rotatable bonds is 2. The van der Waals surface area contributed by atoms with Crippen LogP contribution in [0.15, 0.2) is 30.3 Å². The highest BCUT2D eigenvalue weighted by Gasteiger charge is 2.40. The molecule has 0 radical (unpaired) electrons. The Hall–Kier alpha value is -1.35. The Bertz CT molecular complexity index is 422. The summed E-state index contributed by atoms with van der Waals surface area (Å²) in [4.78, 5) is 14.7. The first kappa shape index (κ1) is 18.7. The predicted molar refractivity (Wildman–Crippen MR) is 94.2 cm³/mol. The van der Waals surface area contributed by atoms with E-state index < -0.39 is 0 Å². The Kier molecular flexibility index (Phi) is 8.18. The molecule has 3 saturated heterocycles. The summed E-state index contributed by atoms with van der Waals surface area (Å²) in [5.41, 5.74) is 0.765. The lowest BCUT2D eigenvalue weighted by Gasteiger charge is -2.49. The Balaban J connectivity index is 0.000000561. The Morgan fingerprint density at radius 2 is 1.59 bits per heavy atom. The van der Waals surface area contributed by atoms with E-state index in [-0.39, 0.29) is 5.91 Å². The van der Waals surface area contributed by atoms with Crippen LogP contribution in [0.2, 0.25) is 0 Å². The van der Waals surface area contributed by atoms with E-state index in [1.807, 2.05) is 58.0 Å². The molecule has 3 nitrogen and oxygen atoms in total. The molecule has 2 unspecified atom stereocenters. The van der Waals surface area contributed by atoms with E-state index in [0.717, 1.165) is 5.56 Å². The minimum atomic E-state index is 0.0706. The van der Waals surface area contributed by atoms with Crippen LogP contribution in [-0.4, -0.2) is 36.0 Å². The maximum Gasteiger partial charge on any atom is 0.251 e. The molecule has 0 aliphatic carbocycles. The summed E-state index contributed by atoms with van der Waals surface area (Å²) in [7, 11) is 0. The van der Waals surface area contributed by atoms with Gasteiger partial charge >= 0.3 is 0 Å². The maximum absolute atomic E-state index is 12.2. The molecule has 3 fully saturated rings. The van der Waals surface area contributed by atoms with Gasteiger partial charge in [0.1, 0.15) is 0 Å². The van der Waals surface area contributed by atoms with Crippen LogP contribution in [0, 0.1) is 5.92 Å². The number of carbonyl (C=O) groups is 1. The quantitative estimate of drug-likeness (QED) is 0.897. The van der Waals surface area contributed by atoms with Gasteiger partial charge in [-0.15, -0.1) is 0 Å². The van der Waals surface area contributed by atoms with Gasteiger partial charge in [0.15, 0.2) is 0 Å². The fraction of sp³-hybridized carbons (Fsp3) is 0.632. The molecule has 22 heavy (non-hydrogen) atoms. The number of benzene rings is 1. The zero-order chi connectivity index (χ0) is 16.5. The summed E-state index contributed by atoms with van der Waals surface area (Å²) in [6.07, 6.45) is 2.45. The van der Waals surface area contributed by atoms with Crippen LogP contribution < -0.4 is 5.32 Å². The predicted octanol–water partition coefficient (Wildman–Crippen LogP) is 3.95. The lowest BCUT2D eigenvalue weighted by atomic mass is 9.79. The van der Waals surface area contributed by atoms with Gasteiger partial charge < -0.3 is 5.32 Å². The highest BCUT2D eigenvalue weighted by molar-refractivity contribution is 5.94. The SMILES string of the molecule is CC.CC.CC1C(NC(=O)c2ccccc2)C2CCN1CC2. The molecule has 1 amide bonds. The van der Waals surface area contributed by atoms with Crippen LogP contribution in [0.5, 0.6) is 0 Å². The van der Waals surface area contributed by atoms with Crippen LogP contribution in [0.25, 0.3) is 0 Å². The average molecular weight is 304 g/mol. The molecule has 3 heterocycles. The highest BCUT2D eigenvalue weighted by Crippen LogP contribution is 2.32. The molecule has 0 spiro atoms. The molecular formula is C19H32N2O. The van der Waals surface area contributed by atoms with E-state index in [9.17, 15) is 4.79 Å². The van der Waals surface area contributed by atoms with E-state index in [4.69, 9.17) is 0 Å². The molecule has 3 aliphatic heterocycles. The monoisotopic (exact) mass is 304 g/mol. The van der Waals surface area contributed by atoms with Crippen LogP contribution in [0.4, 0.5) is 0 Å². The molecule has 1 aromatic carbocycles. The van der Waals surface area contributed by atoms with Crippen molar-refractivity contribution in [2.45, 2.75) is 59.5 Å². The van der Waals surface area contributed by atoms with Crippen LogP contribution >= 0.6 is 0 Å². The molecule has 1 N–H and O–H groups in total. The number of hydrogen-bond acceptors (Lipinski definition) is 2. The Labute approximate surface area is 136 Å². The number of piperidine rings is 3. The molecule has 0 saturated carbocycles. The van der Waals surface area contributed by atoms with Crippen molar-refractivity contribution in [3.8, 4) is 0 Å².